The van der Waals surface area contributed by atoms with E-state index in [2.05, 4.69) is 88.3 Å². The van der Waals surface area contributed by atoms with Gasteiger partial charge in [0.25, 0.3) is 0 Å². The van der Waals surface area contributed by atoms with Crippen molar-refractivity contribution in [1.29, 1.82) is 0 Å². The Morgan fingerprint density at radius 2 is 1.21 bits per heavy atom. The first kappa shape index (κ1) is 26.2. The van der Waals surface area contributed by atoms with Crippen LogP contribution in [0.15, 0.2) is 12.1 Å². The van der Waals surface area contributed by atoms with Crippen molar-refractivity contribution in [1.82, 2.24) is 0 Å². The summed E-state index contributed by atoms with van der Waals surface area (Å²) in [5.41, 5.74) is 4.27. The average molecular weight is 405 g/mol. The molecular weight excluding hydrogens is 356 g/mol. The molecule has 0 saturated carbocycles. The fourth-order valence-corrected chi connectivity index (χ4v) is 4.38. The van der Waals surface area contributed by atoms with Crippen LogP contribution < -0.4 is 0 Å². The maximum absolute atomic E-state index is 11.7. The van der Waals surface area contributed by atoms with Crippen LogP contribution in [0.3, 0.4) is 0 Å². The van der Waals surface area contributed by atoms with Crippen LogP contribution in [-0.4, -0.2) is 16.8 Å². The SMILES string of the molecule is CCCCC(CC)(CO)C(O)c1cc(C(C)(C)C)c(C(C)(C)C)cc1C(C)(C)C. The van der Waals surface area contributed by atoms with Gasteiger partial charge in [-0.15, -0.1) is 0 Å². The minimum Gasteiger partial charge on any atom is -0.396 e. The molecule has 168 valence electrons. The van der Waals surface area contributed by atoms with Gasteiger partial charge in [0.05, 0.1) is 12.7 Å². The standard InChI is InChI=1S/C27H48O2/c1-12-14-15-27(13-2,18-28)23(29)19-16-21(25(6,7)8)22(26(9,10)11)17-20(19)24(3,4)5/h16-17,23,28-29H,12-15,18H2,1-11H3. The van der Waals surface area contributed by atoms with Gasteiger partial charge in [-0.05, 0) is 51.3 Å². The second kappa shape index (κ2) is 9.10. The van der Waals surface area contributed by atoms with Crippen molar-refractivity contribution in [2.45, 2.75) is 124 Å². The van der Waals surface area contributed by atoms with Crippen LogP contribution in [-0.2, 0) is 16.2 Å². The predicted molar refractivity (Wildman–Crippen MR) is 127 cm³/mol. The van der Waals surface area contributed by atoms with Crippen LogP contribution in [0, 0.1) is 5.41 Å². The summed E-state index contributed by atoms with van der Waals surface area (Å²) >= 11 is 0. The molecule has 1 rings (SSSR count). The van der Waals surface area contributed by atoms with Crippen molar-refractivity contribution in [3.63, 3.8) is 0 Å². The Balaban J connectivity index is 3.88. The van der Waals surface area contributed by atoms with Gasteiger partial charge in [0.2, 0.25) is 0 Å². The summed E-state index contributed by atoms with van der Waals surface area (Å²) in [7, 11) is 0. The molecule has 0 aliphatic carbocycles. The van der Waals surface area contributed by atoms with Crippen LogP contribution in [0.2, 0.25) is 0 Å². The molecule has 1 aromatic rings. The van der Waals surface area contributed by atoms with Gasteiger partial charge in [-0.25, -0.2) is 0 Å². The van der Waals surface area contributed by atoms with Gasteiger partial charge in [-0.1, -0.05) is 101 Å². The number of benzene rings is 1. The summed E-state index contributed by atoms with van der Waals surface area (Å²) in [6.07, 6.45) is 3.01. The molecule has 0 radical (unpaired) electrons. The van der Waals surface area contributed by atoms with E-state index in [0.29, 0.717) is 0 Å². The Kier molecular flexibility index (Phi) is 8.21. The lowest BCUT2D eigenvalue weighted by molar-refractivity contribution is -0.0312. The molecule has 0 bridgehead atoms. The van der Waals surface area contributed by atoms with E-state index in [1.165, 1.54) is 16.7 Å². The van der Waals surface area contributed by atoms with Crippen LogP contribution >= 0.6 is 0 Å². The largest absolute Gasteiger partial charge is 0.396 e. The lowest BCUT2D eigenvalue weighted by Crippen LogP contribution is -2.35. The molecule has 0 aromatic heterocycles. The van der Waals surface area contributed by atoms with Crippen molar-refractivity contribution in [2.75, 3.05) is 6.61 Å². The summed E-state index contributed by atoms with van der Waals surface area (Å²) in [6.45, 7) is 24.5. The topological polar surface area (TPSA) is 40.5 Å². The second-order valence-electron chi connectivity index (χ2n) is 12.1. The van der Waals surface area contributed by atoms with E-state index in [1.807, 2.05) is 0 Å². The molecule has 2 nitrogen and oxygen atoms in total. The third-order valence-electron chi connectivity index (χ3n) is 6.54. The molecule has 29 heavy (non-hydrogen) atoms. The summed E-state index contributed by atoms with van der Waals surface area (Å²) in [6, 6.07) is 4.61. The molecule has 2 N–H and O–H groups in total. The first-order chi connectivity index (χ1) is 13.0. The second-order valence-corrected chi connectivity index (χ2v) is 12.1. The minimum atomic E-state index is -0.673. The van der Waals surface area contributed by atoms with Gasteiger partial charge in [0.1, 0.15) is 0 Å². The number of hydrogen-bond donors (Lipinski definition) is 2. The zero-order valence-electron chi connectivity index (χ0n) is 21.2. The van der Waals surface area contributed by atoms with Gasteiger partial charge in [-0.2, -0.15) is 0 Å². The molecule has 1 aromatic carbocycles. The molecule has 0 aliphatic rings. The predicted octanol–water partition coefficient (Wildman–Crippen LogP) is 7.19. The zero-order chi connectivity index (χ0) is 22.8. The van der Waals surface area contributed by atoms with Gasteiger partial charge in [-0.3, -0.25) is 0 Å². The molecule has 0 spiro atoms. The molecule has 0 fully saturated rings. The number of aliphatic hydroxyl groups is 2. The highest BCUT2D eigenvalue weighted by molar-refractivity contribution is 5.48. The summed E-state index contributed by atoms with van der Waals surface area (Å²) in [5.74, 6) is 0. The maximum Gasteiger partial charge on any atom is 0.0871 e. The van der Waals surface area contributed by atoms with E-state index in [-0.39, 0.29) is 22.9 Å². The summed E-state index contributed by atoms with van der Waals surface area (Å²) in [5, 5.41) is 22.1. The molecule has 0 saturated heterocycles. The Bertz CT molecular complexity index is 661. The maximum atomic E-state index is 11.7. The van der Waals surface area contributed by atoms with Crippen molar-refractivity contribution < 1.29 is 10.2 Å². The monoisotopic (exact) mass is 404 g/mol. The Morgan fingerprint density at radius 3 is 1.55 bits per heavy atom. The Morgan fingerprint density at radius 1 is 0.759 bits per heavy atom. The summed E-state index contributed by atoms with van der Waals surface area (Å²) < 4.78 is 0. The van der Waals surface area contributed by atoms with Crippen molar-refractivity contribution in [3.8, 4) is 0 Å². The third-order valence-corrected chi connectivity index (χ3v) is 6.54. The highest BCUT2D eigenvalue weighted by atomic mass is 16.3. The smallest absolute Gasteiger partial charge is 0.0871 e. The minimum absolute atomic E-state index is 0.0140. The number of hydrogen-bond acceptors (Lipinski definition) is 2. The third kappa shape index (κ3) is 5.85. The van der Waals surface area contributed by atoms with E-state index >= 15 is 0 Å². The highest BCUT2D eigenvalue weighted by Gasteiger charge is 2.40. The van der Waals surface area contributed by atoms with Gasteiger partial charge in [0, 0.05) is 5.41 Å². The lowest BCUT2D eigenvalue weighted by Gasteiger charge is -2.40. The normalized spacial score (nSPS) is 16.6. The quantitative estimate of drug-likeness (QED) is 0.505. The van der Waals surface area contributed by atoms with Crippen molar-refractivity contribution in [2.24, 2.45) is 5.41 Å². The van der Waals surface area contributed by atoms with E-state index in [9.17, 15) is 10.2 Å². The van der Waals surface area contributed by atoms with E-state index in [4.69, 9.17) is 0 Å². The van der Waals surface area contributed by atoms with Crippen LogP contribution in [0.5, 0.6) is 0 Å². The fraction of sp³-hybridized carbons (Fsp3) is 0.778. The fourth-order valence-electron chi connectivity index (χ4n) is 4.38. The molecule has 2 atom stereocenters. The highest BCUT2D eigenvalue weighted by Crippen LogP contribution is 2.47. The molecule has 0 heterocycles. The molecule has 0 amide bonds. The van der Waals surface area contributed by atoms with Gasteiger partial charge in [0.15, 0.2) is 0 Å². The van der Waals surface area contributed by atoms with Gasteiger partial charge >= 0.3 is 0 Å². The van der Waals surface area contributed by atoms with Crippen molar-refractivity contribution in [3.05, 3.63) is 34.4 Å². The van der Waals surface area contributed by atoms with Crippen LogP contribution in [0.4, 0.5) is 0 Å². The number of aliphatic hydroxyl groups excluding tert-OH is 2. The first-order valence-electron chi connectivity index (χ1n) is 11.5. The van der Waals surface area contributed by atoms with Crippen molar-refractivity contribution >= 4 is 0 Å². The van der Waals surface area contributed by atoms with E-state index in [1.54, 1.807) is 0 Å². The lowest BCUT2D eigenvalue weighted by atomic mass is 9.67. The summed E-state index contributed by atoms with van der Waals surface area (Å²) in [4.78, 5) is 0. The average Bonchev–Trinajstić information content (AvgIpc) is 2.59. The number of unbranched alkanes of at least 4 members (excludes halogenated alkanes) is 1. The van der Waals surface area contributed by atoms with Crippen LogP contribution in [0.1, 0.15) is 130 Å². The van der Waals surface area contributed by atoms with Gasteiger partial charge < -0.3 is 10.2 Å². The zero-order valence-corrected chi connectivity index (χ0v) is 21.2. The Hall–Kier alpha value is -0.860. The number of rotatable bonds is 7. The van der Waals surface area contributed by atoms with Crippen LogP contribution in [0.25, 0.3) is 0 Å². The van der Waals surface area contributed by atoms with E-state index in [0.717, 1.165) is 31.2 Å². The molecular formula is C27H48O2. The van der Waals surface area contributed by atoms with E-state index < -0.39 is 11.5 Å². The molecule has 2 heteroatoms. The first-order valence-corrected chi connectivity index (χ1v) is 11.5. The molecule has 0 aliphatic heterocycles. The molecule has 2 unspecified atom stereocenters. The Labute approximate surface area is 181 Å².